The summed E-state index contributed by atoms with van der Waals surface area (Å²) >= 11 is 0. The molecule has 0 spiro atoms. The molecule has 2 aromatic rings. The average molecular weight is 498 g/mol. The summed E-state index contributed by atoms with van der Waals surface area (Å²) in [5.41, 5.74) is -2.54. The molecule has 0 amide bonds. The van der Waals surface area contributed by atoms with E-state index >= 15 is 0 Å². The molecule has 1 aliphatic heterocycles. The maximum absolute atomic E-state index is 11.5. The quantitative estimate of drug-likeness (QED) is 0.308. The van der Waals surface area contributed by atoms with Crippen molar-refractivity contribution in [1.82, 2.24) is 19.1 Å². The van der Waals surface area contributed by atoms with Gasteiger partial charge in [-0.3, -0.25) is 33.5 Å². The zero-order valence-electron chi connectivity index (χ0n) is 18.4. The van der Waals surface area contributed by atoms with Gasteiger partial charge in [-0.1, -0.05) is 21.3 Å². The van der Waals surface area contributed by atoms with E-state index in [2.05, 4.69) is 4.98 Å². The van der Waals surface area contributed by atoms with Crippen molar-refractivity contribution in [2.24, 2.45) is 0 Å². The molecule has 14 nitrogen and oxygen atoms in total. The number of nitrogens with one attached hydrogen (secondary N) is 2. The minimum Gasteiger partial charge on any atom is -0.388 e. The number of H-pyrrole nitrogens is 2. The molecule has 1 saturated heterocycles. The van der Waals surface area contributed by atoms with Gasteiger partial charge < -0.3 is 24.5 Å². The van der Waals surface area contributed by atoms with Crippen LogP contribution in [0.15, 0.2) is 43.7 Å². The molecule has 194 valence electrons. The fourth-order valence-corrected chi connectivity index (χ4v) is 3.12. The van der Waals surface area contributed by atoms with E-state index < -0.39 is 59.4 Å². The number of aldehydes is 2. The Labute approximate surface area is 198 Å². The van der Waals surface area contributed by atoms with E-state index in [9.17, 15) is 39.0 Å². The van der Waals surface area contributed by atoms with Gasteiger partial charge in [0.15, 0.2) is 18.7 Å². The van der Waals surface area contributed by atoms with Gasteiger partial charge in [0, 0.05) is 24.5 Å². The lowest BCUT2D eigenvalue weighted by Gasteiger charge is -2.17. The fourth-order valence-electron chi connectivity index (χ4n) is 3.12. The summed E-state index contributed by atoms with van der Waals surface area (Å²) in [6.07, 6.45) is -1.52. The summed E-state index contributed by atoms with van der Waals surface area (Å²) < 4.78 is 12.5. The SMILES string of the molecule is C.CC[C@H](C=O)O[C@H](C=O)n1ccc(=O)[nH]c1=O.CC[C@H]1O[C@@H](n2ccc(=O)[nH]c2=O)[C@H](O)[C@@H]1O. The second-order valence-corrected chi connectivity index (χ2v) is 7.23. The molecule has 0 saturated carbocycles. The second kappa shape index (κ2) is 13.4. The van der Waals surface area contributed by atoms with Gasteiger partial charge in [0.05, 0.1) is 6.10 Å². The first-order chi connectivity index (χ1) is 16.2. The highest BCUT2D eigenvalue weighted by molar-refractivity contribution is 5.58. The molecule has 0 bridgehead atoms. The van der Waals surface area contributed by atoms with E-state index in [-0.39, 0.29) is 7.43 Å². The highest BCUT2D eigenvalue weighted by Gasteiger charge is 2.43. The Hall–Kier alpha value is -3.46. The van der Waals surface area contributed by atoms with Crippen LogP contribution in [0, 0.1) is 0 Å². The van der Waals surface area contributed by atoms with Gasteiger partial charge in [-0.15, -0.1) is 0 Å². The van der Waals surface area contributed by atoms with Crippen molar-refractivity contribution in [3.8, 4) is 0 Å². The average Bonchev–Trinajstić information content (AvgIpc) is 3.09. The third-order valence-corrected chi connectivity index (χ3v) is 4.97. The van der Waals surface area contributed by atoms with Gasteiger partial charge in [0.25, 0.3) is 11.1 Å². The van der Waals surface area contributed by atoms with E-state index in [1.54, 1.807) is 13.8 Å². The van der Waals surface area contributed by atoms with Crippen LogP contribution in [0.1, 0.15) is 46.6 Å². The lowest BCUT2D eigenvalue weighted by molar-refractivity contribution is -0.137. The lowest BCUT2D eigenvalue weighted by Crippen LogP contribution is -2.37. The van der Waals surface area contributed by atoms with Crippen LogP contribution in [0.25, 0.3) is 0 Å². The van der Waals surface area contributed by atoms with Crippen molar-refractivity contribution in [2.75, 3.05) is 0 Å². The first kappa shape index (κ1) is 29.6. The fraction of sp³-hybridized carbons (Fsp3) is 0.524. The van der Waals surface area contributed by atoms with E-state index in [0.29, 0.717) is 25.4 Å². The van der Waals surface area contributed by atoms with Crippen LogP contribution in [0.2, 0.25) is 0 Å². The Bertz CT molecular complexity index is 1200. The van der Waals surface area contributed by atoms with Crippen LogP contribution >= 0.6 is 0 Å². The predicted molar refractivity (Wildman–Crippen MR) is 122 cm³/mol. The van der Waals surface area contributed by atoms with Crippen LogP contribution in [-0.2, 0) is 19.1 Å². The number of hydrogen-bond acceptors (Lipinski definition) is 10. The highest BCUT2D eigenvalue weighted by Crippen LogP contribution is 2.29. The maximum Gasteiger partial charge on any atom is 0.330 e. The van der Waals surface area contributed by atoms with Crippen molar-refractivity contribution < 1.29 is 29.3 Å². The number of aromatic amines is 2. The van der Waals surface area contributed by atoms with E-state index in [4.69, 9.17) is 9.47 Å². The highest BCUT2D eigenvalue weighted by atomic mass is 16.6. The third-order valence-electron chi connectivity index (χ3n) is 4.97. The van der Waals surface area contributed by atoms with E-state index in [0.717, 1.165) is 27.5 Å². The zero-order valence-corrected chi connectivity index (χ0v) is 18.4. The van der Waals surface area contributed by atoms with Crippen molar-refractivity contribution in [3.63, 3.8) is 0 Å². The monoisotopic (exact) mass is 498 g/mol. The number of hydrogen-bond donors (Lipinski definition) is 4. The number of aromatic nitrogens is 4. The van der Waals surface area contributed by atoms with Crippen LogP contribution < -0.4 is 22.5 Å². The minimum atomic E-state index is -1.23. The van der Waals surface area contributed by atoms with Gasteiger partial charge in [-0.2, -0.15) is 0 Å². The molecule has 35 heavy (non-hydrogen) atoms. The topological polar surface area (TPSA) is 203 Å². The van der Waals surface area contributed by atoms with Crippen molar-refractivity contribution in [2.45, 2.75) is 71.0 Å². The summed E-state index contributed by atoms with van der Waals surface area (Å²) in [6, 6.07) is 2.24. The molecule has 0 unspecified atom stereocenters. The van der Waals surface area contributed by atoms with Gasteiger partial charge >= 0.3 is 11.4 Å². The summed E-state index contributed by atoms with van der Waals surface area (Å²) in [5.74, 6) is 0. The van der Waals surface area contributed by atoms with Gasteiger partial charge in [-0.05, 0) is 12.8 Å². The van der Waals surface area contributed by atoms with E-state index in [1.807, 2.05) is 4.98 Å². The van der Waals surface area contributed by atoms with Gasteiger partial charge in [-0.25, -0.2) is 9.59 Å². The predicted octanol–water partition coefficient (Wildman–Crippen LogP) is -1.57. The van der Waals surface area contributed by atoms with Crippen molar-refractivity contribution in [3.05, 3.63) is 66.2 Å². The molecule has 0 aliphatic carbocycles. The molecule has 3 rings (SSSR count). The third kappa shape index (κ3) is 7.26. The first-order valence-corrected chi connectivity index (χ1v) is 10.4. The molecule has 0 radical (unpaired) electrons. The summed E-state index contributed by atoms with van der Waals surface area (Å²) in [5, 5.41) is 19.5. The summed E-state index contributed by atoms with van der Waals surface area (Å²) in [4.78, 5) is 70.1. The summed E-state index contributed by atoms with van der Waals surface area (Å²) in [6.45, 7) is 3.51. The van der Waals surface area contributed by atoms with Gasteiger partial charge in [0.1, 0.15) is 24.6 Å². The Kier molecular flexibility index (Phi) is 11.4. The molecule has 4 N–H and O–H groups in total. The maximum atomic E-state index is 11.5. The first-order valence-electron chi connectivity index (χ1n) is 10.4. The molecule has 2 aromatic heterocycles. The molecule has 0 aromatic carbocycles. The number of nitrogens with zero attached hydrogens (tertiary/aromatic N) is 2. The number of aliphatic hydroxyl groups is 2. The number of ether oxygens (including phenoxy) is 2. The summed E-state index contributed by atoms with van der Waals surface area (Å²) in [7, 11) is 0. The number of carbonyl (C=O) groups is 2. The molecule has 1 fully saturated rings. The normalized spacial score (nSPS) is 22.7. The lowest BCUT2D eigenvalue weighted by atomic mass is 10.1. The van der Waals surface area contributed by atoms with Crippen LogP contribution in [0.3, 0.4) is 0 Å². The smallest absolute Gasteiger partial charge is 0.330 e. The van der Waals surface area contributed by atoms with Crippen molar-refractivity contribution >= 4 is 12.6 Å². The minimum absolute atomic E-state index is 0. The second-order valence-electron chi connectivity index (χ2n) is 7.23. The standard InChI is InChI=1S/C10H14N2O5.C10H12N2O5.CH4/c1-2-5-7(14)8(15)9(17-5)12-4-3-6(13)11-10(12)16;1-2-7(5-13)17-9(6-14)12-4-3-8(15)11-10(12)16;/h3-5,7-9,14-15H,2H2,1H3,(H,11,13,16);3-7,9H,2H2,1H3,(H,11,15,16);1H4/t5-,7-,8-,9-;7-,9-;/m11./s1. The molecule has 3 heterocycles. The largest absolute Gasteiger partial charge is 0.388 e. The van der Waals surface area contributed by atoms with Crippen molar-refractivity contribution in [1.29, 1.82) is 0 Å². The van der Waals surface area contributed by atoms with Crippen LogP contribution in [0.4, 0.5) is 0 Å². The Morgan fingerprint density at radius 2 is 1.60 bits per heavy atom. The number of rotatable bonds is 8. The molecule has 6 atom stereocenters. The Balaban J connectivity index is 0.000000340. The number of carbonyl (C=O) groups excluding carboxylic acids is 2. The van der Waals surface area contributed by atoms with Crippen LogP contribution in [0.5, 0.6) is 0 Å². The Morgan fingerprint density at radius 1 is 1.00 bits per heavy atom. The van der Waals surface area contributed by atoms with Gasteiger partial charge in [0.2, 0.25) is 0 Å². The molecular weight excluding hydrogens is 468 g/mol. The number of aliphatic hydroxyl groups excluding tert-OH is 2. The molecule has 1 aliphatic rings. The zero-order chi connectivity index (χ0) is 25.4. The molecule has 14 heteroatoms. The van der Waals surface area contributed by atoms with E-state index in [1.165, 1.54) is 6.20 Å². The molecular formula is C21H30N4O10. The van der Waals surface area contributed by atoms with Crippen LogP contribution in [-0.4, -0.2) is 66.3 Å². The Morgan fingerprint density at radius 3 is 2.06 bits per heavy atom.